The lowest BCUT2D eigenvalue weighted by Crippen LogP contribution is -2.44. The highest BCUT2D eigenvalue weighted by molar-refractivity contribution is 5.99. The summed E-state index contributed by atoms with van der Waals surface area (Å²) >= 11 is 0. The van der Waals surface area contributed by atoms with Gasteiger partial charge in [0, 0.05) is 19.6 Å². The molecule has 152 valence electrons. The topological polar surface area (TPSA) is 80.3 Å². The molecule has 0 spiro atoms. The molecule has 1 saturated heterocycles. The first kappa shape index (κ1) is 18.5. The van der Waals surface area contributed by atoms with Gasteiger partial charge in [-0.3, -0.25) is 14.3 Å². The van der Waals surface area contributed by atoms with Crippen LogP contribution in [0.3, 0.4) is 0 Å². The van der Waals surface area contributed by atoms with Gasteiger partial charge in [0.1, 0.15) is 6.33 Å². The number of carbonyl (C=O) groups excluding carboxylic acids is 1. The molecule has 2 aliphatic heterocycles. The van der Waals surface area contributed by atoms with Gasteiger partial charge in [0.25, 0.3) is 11.8 Å². The highest BCUT2D eigenvalue weighted by Gasteiger charge is 2.42. The van der Waals surface area contributed by atoms with Crippen molar-refractivity contribution >= 4 is 5.91 Å². The van der Waals surface area contributed by atoms with Crippen LogP contribution in [0.1, 0.15) is 34.3 Å². The Morgan fingerprint density at radius 2 is 2.03 bits per heavy atom. The van der Waals surface area contributed by atoms with Crippen LogP contribution in [0.5, 0.6) is 0 Å². The van der Waals surface area contributed by atoms with E-state index in [4.69, 9.17) is 4.52 Å². The largest absolute Gasteiger partial charge is 0.332 e. The molecule has 1 atom stereocenters. The van der Waals surface area contributed by atoms with Crippen molar-refractivity contribution in [3.05, 3.63) is 73.0 Å². The molecular formula is C22H22N6O2. The Balaban J connectivity index is 1.53. The molecule has 0 N–H and O–H groups in total. The SMILES string of the molecule is C=CCN(CC=C)Cc1noc(-c2ncn3c2[C@@H]2CCN2C(=O)c2ccccc2-3)n1. The van der Waals surface area contributed by atoms with Crippen molar-refractivity contribution < 1.29 is 9.32 Å². The molecule has 2 aliphatic rings. The van der Waals surface area contributed by atoms with Gasteiger partial charge in [0.15, 0.2) is 11.5 Å². The maximum absolute atomic E-state index is 13.0. The number of para-hydroxylation sites is 1. The van der Waals surface area contributed by atoms with Gasteiger partial charge in [-0.25, -0.2) is 4.98 Å². The molecular weight excluding hydrogens is 380 g/mol. The monoisotopic (exact) mass is 402 g/mol. The molecule has 5 rings (SSSR count). The zero-order valence-corrected chi connectivity index (χ0v) is 16.6. The molecule has 0 saturated carbocycles. The lowest BCUT2D eigenvalue weighted by atomic mass is 9.97. The zero-order chi connectivity index (χ0) is 20.7. The van der Waals surface area contributed by atoms with Crippen LogP contribution in [0.4, 0.5) is 0 Å². The van der Waals surface area contributed by atoms with Crippen LogP contribution in [0, 0.1) is 0 Å². The molecule has 8 heteroatoms. The third-order valence-electron chi connectivity index (χ3n) is 5.60. The van der Waals surface area contributed by atoms with Gasteiger partial charge in [-0.15, -0.1) is 13.2 Å². The number of benzene rings is 1. The summed E-state index contributed by atoms with van der Waals surface area (Å²) in [5.74, 6) is 0.993. The highest BCUT2D eigenvalue weighted by atomic mass is 16.5. The van der Waals surface area contributed by atoms with Crippen molar-refractivity contribution in [1.82, 2.24) is 29.5 Å². The molecule has 1 fully saturated rings. The van der Waals surface area contributed by atoms with E-state index >= 15 is 0 Å². The second-order valence-corrected chi connectivity index (χ2v) is 7.46. The summed E-state index contributed by atoms with van der Waals surface area (Å²) in [5.41, 5.74) is 3.06. The fourth-order valence-electron chi connectivity index (χ4n) is 4.15. The second kappa shape index (κ2) is 7.38. The molecule has 4 heterocycles. The molecule has 1 amide bonds. The van der Waals surface area contributed by atoms with E-state index in [-0.39, 0.29) is 11.9 Å². The van der Waals surface area contributed by atoms with Crippen LogP contribution in [0.25, 0.3) is 17.3 Å². The average Bonchev–Trinajstić information content (AvgIpc) is 3.33. The molecule has 1 aromatic carbocycles. The summed E-state index contributed by atoms with van der Waals surface area (Å²) in [6, 6.07) is 7.57. The number of rotatable bonds is 7. The number of imidazole rings is 1. The van der Waals surface area contributed by atoms with Gasteiger partial charge >= 0.3 is 0 Å². The van der Waals surface area contributed by atoms with Crippen molar-refractivity contribution in [2.24, 2.45) is 0 Å². The Kier molecular flexibility index (Phi) is 4.55. The zero-order valence-electron chi connectivity index (χ0n) is 16.6. The molecule has 8 nitrogen and oxygen atoms in total. The molecule has 0 bridgehead atoms. The van der Waals surface area contributed by atoms with Crippen molar-refractivity contribution in [3.8, 4) is 17.3 Å². The Morgan fingerprint density at radius 3 is 2.77 bits per heavy atom. The number of aromatic nitrogens is 4. The van der Waals surface area contributed by atoms with Crippen LogP contribution in [0.15, 0.2) is 60.4 Å². The van der Waals surface area contributed by atoms with E-state index in [2.05, 4.69) is 33.2 Å². The number of hydrogen-bond donors (Lipinski definition) is 0. The van der Waals surface area contributed by atoms with Crippen molar-refractivity contribution in [3.63, 3.8) is 0 Å². The van der Waals surface area contributed by atoms with Gasteiger partial charge in [-0.1, -0.05) is 29.4 Å². The van der Waals surface area contributed by atoms with Gasteiger partial charge in [0.05, 0.1) is 29.5 Å². The van der Waals surface area contributed by atoms with Crippen LogP contribution in [-0.4, -0.2) is 55.0 Å². The fraction of sp³-hybridized carbons (Fsp3) is 0.273. The van der Waals surface area contributed by atoms with Gasteiger partial charge in [0.2, 0.25) is 0 Å². The van der Waals surface area contributed by atoms with Gasteiger partial charge in [-0.05, 0) is 18.6 Å². The first-order valence-corrected chi connectivity index (χ1v) is 9.96. The van der Waals surface area contributed by atoms with Crippen LogP contribution in [-0.2, 0) is 6.54 Å². The predicted molar refractivity (Wildman–Crippen MR) is 111 cm³/mol. The van der Waals surface area contributed by atoms with Crippen LogP contribution in [0.2, 0.25) is 0 Å². The minimum absolute atomic E-state index is 0.0456. The van der Waals surface area contributed by atoms with E-state index in [1.54, 1.807) is 6.33 Å². The maximum Gasteiger partial charge on any atom is 0.278 e. The lowest BCUT2D eigenvalue weighted by Gasteiger charge is -2.39. The van der Waals surface area contributed by atoms with Crippen molar-refractivity contribution in [1.29, 1.82) is 0 Å². The summed E-state index contributed by atoms with van der Waals surface area (Å²) < 4.78 is 7.56. The first-order chi connectivity index (χ1) is 14.7. The summed E-state index contributed by atoms with van der Waals surface area (Å²) in [4.78, 5) is 26.2. The Bertz CT molecular complexity index is 1120. The third-order valence-corrected chi connectivity index (χ3v) is 5.60. The molecule has 0 aliphatic carbocycles. The molecule has 30 heavy (non-hydrogen) atoms. The summed E-state index contributed by atoms with van der Waals surface area (Å²) in [7, 11) is 0. The summed E-state index contributed by atoms with van der Waals surface area (Å²) in [6.07, 6.45) is 6.29. The minimum Gasteiger partial charge on any atom is -0.332 e. The minimum atomic E-state index is -0.0456. The third kappa shape index (κ3) is 2.88. The Hall–Kier alpha value is -3.52. The van der Waals surface area contributed by atoms with Gasteiger partial charge < -0.3 is 9.42 Å². The summed E-state index contributed by atoms with van der Waals surface area (Å²) in [6.45, 7) is 10.2. The molecule has 0 unspecified atom stereocenters. The van der Waals surface area contributed by atoms with E-state index in [9.17, 15) is 4.79 Å². The van der Waals surface area contributed by atoms with E-state index in [1.165, 1.54) is 0 Å². The van der Waals surface area contributed by atoms with E-state index in [0.29, 0.717) is 42.6 Å². The van der Waals surface area contributed by atoms with Gasteiger partial charge in [-0.2, -0.15) is 4.98 Å². The number of nitrogens with zero attached hydrogens (tertiary/aromatic N) is 6. The standard InChI is InChI=1S/C22H22N6O2/c1-3-10-26(11-4-2)13-18-24-21(30-25-18)19-20-17-9-12-27(17)22(29)15-7-5-6-8-16(15)28(20)14-23-19/h3-8,14,17H,1-2,9-13H2/t17-/m0/s1. The van der Waals surface area contributed by atoms with E-state index < -0.39 is 0 Å². The number of hydrogen-bond acceptors (Lipinski definition) is 6. The Morgan fingerprint density at radius 1 is 1.23 bits per heavy atom. The highest BCUT2D eigenvalue weighted by Crippen LogP contribution is 2.43. The quantitative estimate of drug-likeness (QED) is 0.565. The first-order valence-electron chi connectivity index (χ1n) is 9.96. The number of carbonyl (C=O) groups is 1. The Labute approximate surface area is 174 Å². The number of amides is 1. The molecule has 0 radical (unpaired) electrons. The van der Waals surface area contributed by atoms with Crippen LogP contribution >= 0.6 is 0 Å². The average molecular weight is 402 g/mol. The van der Waals surface area contributed by atoms with Crippen molar-refractivity contribution in [2.45, 2.75) is 19.0 Å². The van der Waals surface area contributed by atoms with E-state index in [1.807, 2.05) is 45.9 Å². The predicted octanol–water partition coefficient (Wildman–Crippen LogP) is 3.00. The van der Waals surface area contributed by atoms with Crippen LogP contribution < -0.4 is 0 Å². The fourth-order valence-corrected chi connectivity index (χ4v) is 4.15. The molecule has 2 aromatic heterocycles. The lowest BCUT2D eigenvalue weighted by molar-refractivity contribution is 0.0461. The number of fused-ring (bicyclic) bond motifs is 5. The smallest absolute Gasteiger partial charge is 0.278 e. The summed E-state index contributed by atoms with van der Waals surface area (Å²) in [5, 5.41) is 4.14. The molecule has 3 aromatic rings. The van der Waals surface area contributed by atoms with E-state index in [0.717, 1.165) is 24.3 Å². The second-order valence-electron chi connectivity index (χ2n) is 7.46. The normalized spacial score (nSPS) is 17.0. The van der Waals surface area contributed by atoms with Crippen molar-refractivity contribution in [2.75, 3.05) is 19.6 Å². The maximum atomic E-state index is 13.0.